The summed E-state index contributed by atoms with van der Waals surface area (Å²) < 4.78 is 0. The molecule has 15 heavy (non-hydrogen) atoms. The lowest BCUT2D eigenvalue weighted by Crippen LogP contribution is -2.40. The van der Waals surface area contributed by atoms with Gasteiger partial charge in [0.25, 0.3) is 0 Å². The second kappa shape index (κ2) is 3.53. The Balaban J connectivity index is 3.12. The van der Waals surface area contributed by atoms with E-state index in [4.69, 9.17) is 10.2 Å². The monoisotopic (exact) mass is 210 g/mol. The third-order valence-electron chi connectivity index (χ3n) is 2.95. The minimum Gasteiger partial charge on any atom is -0.481 e. The van der Waals surface area contributed by atoms with Gasteiger partial charge >= 0.3 is 11.9 Å². The van der Waals surface area contributed by atoms with E-state index >= 15 is 0 Å². The Kier molecular flexibility index (Phi) is 2.71. The zero-order valence-electron chi connectivity index (χ0n) is 8.56. The summed E-state index contributed by atoms with van der Waals surface area (Å²) in [5.74, 6) is -2.03. The van der Waals surface area contributed by atoms with Gasteiger partial charge in [0.15, 0.2) is 0 Å². The molecule has 1 aliphatic rings. The third-order valence-corrected chi connectivity index (χ3v) is 2.95. The van der Waals surface area contributed by atoms with E-state index in [0.717, 1.165) is 0 Å². The van der Waals surface area contributed by atoms with Crippen molar-refractivity contribution >= 4 is 11.9 Å². The number of carbonyl (C=O) groups is 2. The number of allylic oxidation sites excluding steroid dienone is 1. The number of carboxylic acids is 2. The minimum absolute atomic E-state index is 0.0463. The minimum atomic E-state index is -1.24. The van der Waals surface area contributed by atoms with Gasteiger partial charge in [-0.15, -0.1) is 6.58 Å². The van der Waals surface area contributed by atoms with Crippen LogP contribution in [0.3, 0.4) is 0 Å². The van der Waals surface area contributed by atoms with Gasteiger partial charge in [0, 0.05) is 0 Å². The summed E-state index contributed by atoms with van der Waals surface area (Å²) in [5.41, 5.74) is -2.27. The molecule has 0 fully saturated rings. The molecule has 0 amide bonds. The van der Waals surface area contributed by atoms with Crippen LogP contribution in [0.15, 0.2) is 24.8 Å². The number of carboxylic acid groups (broad SMARTS) is 2. The van der Waals surface area contributed by atoms with Crippen LogP contribution in [0.2, 0.25) is 0 Å². The van der Waals surface area contributed by atoms with Crippen LogP contribution in [-0.2, 0) is 9.59 Å². The van der Waals surface area contributed by atoms with Crippen molar-refractivity contribution in [1.82, 2.24) is 0 Å². The summed E-state index contributed by atoms with van der Waals surface area (Å²) >= 11 is 0. The van der Waals surface area contributed by atoms with Crippen LogP contribution >= 0.6 is 0 Å². The average molecular weight is 210 g/mol. The second-order valence-corrected chi connectivity index (χ2v) is 4.20. The molecule has 0 spiro atoms. The molecule has 1 rings (SSSR count). The molecule has 0 aliphatic heterocycles. The van der Waals surface area contributed by atoms with E-state index in [1.165, 1.54) is 12.2 Å². The van der Waals surface area contributed by atoms with Crippen LogP contribution in [-0.4, -0.2) is 22.2 Å². The van der Waals surface area contributed by atoms with Crippen LogP contribution in [0.1, 0.15) is 19.8 Å². The highest BCUT2D eigenvalue weighted by Crippen LogP contribution is 2.43. The summed E-state index contributed by atoms with van der Waals surface area (Å²) in [7, 11) is 0. The smallest absolute Gasteiger partial charge is 0.317 e. The quantitative estimate of drug-likeness (QED) is 0.695. The number of rotatable bonds is 3. The van der Waals surface area contributed by atoms with Crippen LogP contribution < -0.4 is 0 Å². The molecule has 0 aromatic rings. The fraction of sp³-hybridized carbons (Fsp3) is 0.455. The maximum absolute atomic E-state index is 11.1. The first-order chi connectivity index (χ1) is 6.86. The first-order valence-electron chi connectivity index (χ1n) is 4.64. The van der Waals surface area contributed by atoms with Crippen molar-refractivity contribution in [3.8, 4) is 0 Å². The van der Waals surface area contributed by atoms with Crippen LogP contribution in [0.5, 0.6) is 0 Å². The molecule has 0 radical (unpaired) electrons. The zero-order chi connectivity index (χ0) is 11.7. The van der Waals surface area contributed by atoms with Gasteiger partial charge in [-0.25, -0.2) is 0 Å². The van der Waals surface area contributed by atoms with Gasteiger partial charge < -0.3 is 10.2 Å². The predicted molar refractivity (Wildman–Crippen MR) is 54.4 cm³/mol. The van der Waals surface area contributed by atoms with Crippen molar-refractivity contribution < 1.29 is 19.8 Å². The van der Waals surface area contributed by atoms with Crippen LogP contribution in [0.4, 0.5) is 0 Å². The number of aliphatic carboxylic acids is 2. The normalized spacial score (nSPS) is 34.7. The topological polar surface area (TPSA) is 74.6 Å². The van der Waals surface area contributed by atoms with Crippen molar-refractivity contribution in [2.45, 2.75) is 19.8 Å². The Bertz CT molecular complexity index is 344. The maximum Gasteiger partial charge on any atom is 0.317 e. The number of hydrogen-bond acceptors (Lipinski definition) is 2. The molecule has 0 heterocycles. The molecule has 4 heteroatoms. The molecule has 0 aromatic carbocycles. The molecule has 2 unspecified atom stereocenters. The summed E-state index contributed by atoms with van der Waals surface area (Å²) in [5, 5.41) is 18.1. The molecule has 0 bridgehead atoms. The summed E-state index contributed by atoms with van der Waals surface area (Å²) in [6, 6.07) is 0. The lowest BCUT2D eigenvalue weighted by molar-refractivity contribution is -0.153. The van der Waals surface area contributed by atoms with Gasteiger partial charge in [0.05, 0.1) is 5.41 Å². The molecule has 0 saturated heterocycles. The Morgan fingerprint density at radius 1 is 1.40 bits per heavy atom. The van der Waals surface area contributed by atoms with Crippen LogP contribution in [0, 0.1) is 10.8 Å². The Labute approximate surface area is 87.9 Å². The molecule has 4 nitrogen and oxygen atoms in total. The Hall–Kier alpha value is -1.58. The summed E-state index contributed by atoms with van der Waals surface area (Å²) in [6.07, 6.45) is 4.82. The summed E-state index contributed by atoms with van der Waals surface area (Å²) in [4.78, 5) is 22.1. The van der Waals surface area contributed by atoms with E-state index < -0.39 is 22.8 Å². The van der Waals surface area contributed by atoms with Gasteiger partial charge in [0.1, 0.15) is 5.41 Å². The van der Waals surface area contributed by atoms with Gasteiger partial charge in [-0.2, -0.15) is 0 Å². The van der Waals surface area contributed by atoms with Crippen molar-refractivity contribution in [3.63, 3.8) is 0 Å². The summed E-state index contributed by atoms with van der Waals surface area (Å²) in [6.45, 7) is 5.03. The number of hydrogen-bond donors (Lipinski definition) is 2. The molecule has 2 N–H and O–H groups in total. The lowest BCUT2D eigenvalue weighted by Gasteiger charge is -2.35. The Morgan fingerprint density at radius 2 is 2.00 bits per heavy atom. The van der Waals surface area contributed by atoms with E-state index in [9.17, 15) is 9.59 Å². The molecule has 0 aromatic heterocycles. The fourth-order valence-electron chi connectivity index (χ4n) is 1.84. The van der Waals surface area contributed by atoms with E-state index in [2.05, 4.69) is 6.58 Å². The molecule has 1 aliphatic carbocycles. The van der Waals surface area contributed by atoms with Crippen molar-refractivity contribution in [1.29, 1.82) is 0 Å². The van der Waals surface area contributed by atoms with Crippen molar-refractivity contribution in [2.75, 3.05) is 0 Å². The van der Waals surface area contributed by atoms with Crippen molar-refractivity contribution in [2.24, 2.45) is 10.8 Å². The highest BCUT2D eigenvalue weighted by Gasteiger charge is 2.46. The van der Waals surface area contributed by atoms with E-state index in [1.807, 2.05) is 0 Å². The van der Waals surface area contributed by atoms with Gasteiger partial charge in [0.2, 0.25) is 0 Å². The van der Waals surface area contributed by atoms with E-state index in [0.29, 0.717) is 6.42 Å². The largest absolute Gasteiger partial charge is 0.481 e. The van der Waals surface area contributed by atoms with Crippen LogP contribution in [0.25, 0.3) is 0 Å². The van der Waals surface area contributed by atoms with Crippen molar-refractivity contribution in [3.05, 3.63) is 24.8 Å². The standard InChI is InChI=1S/C11H14O4/c1-3-11(9(14)15)6-4-5-10(2,7-11)8(12)13/h3-4,6H,1,5,7H2,2H3,(H,12,13)(H,14,15). The van der Waals surface area contributed by atoms with Gasteiger partial charge in [-0.05, 0) is 19.8 Å². The maximum atomic E-state index is 11.1. The third kappa shape index (κ3) is 1.79. The van der Waals surface area contributed by atoms with E-state index in [1.54, 1.807) is 13.0 Å². The second-order valence-electron chi connectivity index (χ2n) is 4.20. The molecule has 0 saturated carbocycles. The molecular formula is C11H14O4. The fourth-order valence-corrected chi connectivity index (χ4v) is 1.84. The van der Waals surface area contributed by atoms with Gasteiger partial charge in [-0.1, -0.05) is 18.2 Å². The first kappa shape index (κ1) is 11.5. The SMILES string of the molecule is C=CC1(C(=O)O)C=CCC(C)(C(=O)O)C1. The molecule has 2 atom stereocenters. The average Bonchev–Trinajstić information content (AvgIpc) is 2.17. The zero-order valence-corrected chi connectivity index (χ0v) is 8.56. The first-order valence-corrected chi connectivity index (χ1v) is 4.64. The molecular weight excluding hydrogens is 196 g/mol. The highest BCUT2D eigenvalue weighted by molar-refractivity contribution is 5.83. The lowest BCUT2D eigenvalue weighted by atomic mass is 9.66. The van der Waals surface area contributed by atoms with E-state index in [-0.39, 0.29) is 6.42 Å². The molecule has 82 valence electrons. The Morgan fingerprint density at radius 3 is 2.40 bits per heavy atom. The predicted octanol–water partition coefficient (Wildman–Crippen LogP) is 1.68. The van der Waals surface area contributed by atoms with Gasteiger partial charge in [-0.3, -0.25) is 9.59 Å². The highest BCUT2D eigenvalue weighted by atomic mass is 16.4.